The molecule has 0 saturated carbocycles. The van der Waals surface area contributed by atoms with Gasteiger partial charge in [-0.15, -0.1) is 0 Å². The number of benzene rings is 2. The summed E-state index contributed by atoms with van der Waals surface area (Å²) in [7, 11) is 0. The maximum Gasteiger partial charge on any atom is 0.251 e. The molecule has 2 aromatic heterocycles. The summed E-state index contributed by atoms with van der Waals surface area (Å²) >= 11 is 0. The molecule has 0 spiro atoms. The van der Waals surface area contributed by atoms with E-state index in [-0.39, 0.29) is 11.9 Å². The average molecular weight is 441 g/mol. The molecule has 1 fully saturated rings. The normalized spacial score (nSPS) is 14.9. The Balaban J connectivity index is 1.22. The third-order valence-corrected chi connectivity index (χ3v) is 6.12. The van der Waals surface area contributed by atoms with E-state index in [4.69, 9.17) is 4.74 Å². The number of hydrogen-bond acceptors (Lipinski definition) is 4. The van der Waals surface area contributed by atoms with Crippen molar-refractivity contribution in [2.45, 2.75) is 25.5 Å². The lowest BCUT2D eigenvalue weighted by atomic mass is 10.1. The van der Waals surface area contributed by atoms with Crippen LogP contribution in [0, 0.1) is 0 Å². The molecule has 6 nitrogen and oxygen atoms in total. The predicted molar refractivity (Wildman–Crippen MR) is 128 cm³/mol. The van der Waals surface area contributed by atoms with Gasteiger partial charge in [0.05, 0.1) is 11.7 Å². The van der Waals surface area contributed by atoms with Gasteiger partial charge < -0.3 is 14.5 Å². The fourth-order valence-electron chi connectivity index (χ4n) is 4.42. The summed E-state index contributed by atoms with van der Waals surface area (Å²) in [5.41, 5.74) is 3.56. The molecule has 1 N–H and O–H groups in total. The molecule has 4 aromatic rings. The van der Waals surface area contributed by atoms with Gasteiger partial charge in [0.1, 0.15) is 18.0 Å². The molecule has 33 heavy (non-hydrogen) atoms. The highest BCUT2D eigenvalue weighted by Crippen LogP contribution is 2.24. The minimum Gasteiger partial charge on any atom is -0.487 e. The topological polar surface area (TPSA) is 58.9 Å². The number of carbonyl (C=O) groups is 1. The highest BCUT2D eigenvalue weighted by Gasteiger charge is 2.24. The molecule has 1 aliphatic heterocycles. The number of rotatable bonds is 8. The molecule has 5 rings (SSSR count). The zero-order valence-electron chi connectivity index (χ0n) is 18.6. The Morgan fingerprint density at radius 2 is 1.82 bits per heavy atom. The SMILES string of the molecule is O=C(NC[C@@H](c1ccccc1)N1CCCC1)c1cccc(OCc2cn3ccccc3n2)c1. The van der Waals surface area contributed by atoms with Gasteiger partial charge >= 0.3 is 0 Å². The van der Waals surface area contributed by atoms with Crippen molar-refractivity contribution in [2.75, 3.05) is 19.6 Å². The number of hydrogen-bond donors (Lipinski definition) is 1. The highest BCUT2D eigenvalue weighted by atomic mass is 16.5. The van der Waals surface area contributed by atoms with Crippen molar-refractivity contribution in [1.29, 1.82) is 0 Å². The Morgan fingerprint density at radius 3 is 2.64 bits per heavy atom. The van der Waals surface area contributed by atoms with Crippen LogP contribution in [0.3, 0.4) is 0 Å². The van der Waals surface area contributed by atoms with Crippen molar-refractivity contribution in [1.82, 2.24) is 19.6 Å². The number of nitrogens with zero attached hydrogens (tertiary/aromatic N) is 3. The maximum atomic E-state index is 12.9. The Morgan fingerprint density at radius 1 is 1.00 bits per heavy atom. The van der Waals surface area contributed by atoms with Crippen LogP contribution in [0.25, 0.3) is 5.65 Å². The number of pyridine rings is 1. The summed E-state index contributed by atoms with van der Waals surface area (Å²) < 4.78 is 7.89. The van der Waals surface area contributed by atoms with Gasteiger partial charge in [0.2, 0.25) is 0 Å². The Hall–Kier alpha value is -3.64. The molecule has 0 aliphatic carbocycles. The molecule has 0 unspecified atom stereocenters. The van der Waals surface area contributed by atoms with E-state index in [0.717, 1.165) is 24.4 Å². The minimum absolute atomic E-state index is 0.0895. The summed E-state index contributed by atoms with van der Waals surface area (Å²) in [6.07, 6.45) is 6.33. The van der Waals surface area contributed by atoms with Crippen molar-refractivity contribution in [3.8, 4) is 5.75 Å². The average Bonchev–Trinajstić information content (AvgIpc) is 3.54. The van der Waals surface area contributed by atoms with E-state index >= 15 is 0 Å². The number of carbonyl (C=O) groups excluding carboxylic acids is 1. The molecule has 168 valence electrons. The number of aromatic nitrogens is 2. The number of nitrogens with one attached hydrogen (secondary N) is 1. The molecule has 0 bridgehead atoms. The Labute approximate surface area is 193 Å². The van der Waals surface area contributed by atoms with Crippen LogP contribution < -0.4 is 10.1 Å². The second-order valence-electron chi connectivity index (χ2n) is 8.39. The van der Waals surface area contributed by atoms with E-state index in [9.17, 15) is 4.79 Å². The van der Waals surface area contributed by atoms with Crippen LogP contribution in [-0.2, 0) is 6.61 Å². The third kappa shape index (κ3) is 5.07. The van der Waals surface area contributed by atoms with E-state index in [1.54, 1.807) is 6.07 Å². The first-order chi connectivity index (χ1) is 16.3. The van der Waals surface area contributed by atoms with E-state index < -0.39 is 0 Å². The molecule has 1 saturated heterocycles. The minimum atomic E-state index is -0.0895. The fourth-order valence-corrected chi connectivity index (χ4v) is 4.42. The van der Waals surface area contributed by atoms with Crippen molar-refractivity contribution >= 4 is 11.6 Å². The predicted octanol–water partition coefficient (Wildman–Crippen LogP) is 4.48. The second-order valence-corrected chi connectivity index (χ2v) is 8.39. The van der Waals surface area contributed by atoms with Gasteiger partial charge in [-0.3, -0.25) is 9.69 Å². The second kappa shape index (κ2) is 9.88. The van der Waals surface area contributed by atoms with Crippen LogP contribution in [0.1, 0.15) is 40.5 Å². The molecule has 2 aromatic carbocycles. The van der Waals surface area contributed by atoms with E-state index in [1.165, 1.54) is 18.4 Å². The monoisotopic (exact) mass is 440 g/mol. The number of fused-ring (bicyclic) bond motifs is 1. The van der Waals surface area contributed by atoms with Crippen molar-refractivity contribution < 1.29 is 9.53 Å². The van der Waals surface area contributed by atoms with Gasteiger partial charge in [-0.05, 0) is 61.8 Å². The zero-order valence-corrected chi connectivity index (χ0v) is 18.6. The lowest BCUT2D eigenvalue weighted by Gasteiger charge is -2.28. The first kappa shape index (κ1) is 21.2. The van der Waals surface area contributed by atoms with Crippen LogP contribution >= 0.6 is 0 Å². The van der Waals surface area contributed by atoms with E-state index in [2.05, 4.69) is 39.5 Å². The van der Waals surface area contributed by atoms with Gasteiger partial charge in [0.15, 0.2) is 0 Å². The smallest absolute Gasteiger partial charge is 0.251 e. The van der Waals surface area contributed by atoms with Crippen LogP contribution in [0.15, 0.2) is 85.2 Å². The summed E-state index contributed by atoms with van der Waals surface area (Å²) in [4.78, 5) is 20.0. The van der Waals surface area contributed by atoms with Gasteiger partial charge in [0, 0.05) is 24.5 Å². The van der Waals surface area contributed by atoms with Crippen LogP contribution in [-0.4, -0.2) is 39.8 Å². The van der Waals surface area contributed by atoms with Crippen LogP contribution in [0.5, 0.6) is 5.75 Å². The first-order valence-electron chi connectivity index (χ1n) is 11.5. The molecule has 0 radical (unpaired) electrons. The molecule has 1 amide bonds. The third-order valence-electron chi connectivity index (χ3n) is 6.12. The van der Waals surface area contributed by atoms with Gasteiger partial charge in [0.25, 0.3) is 5.91 Å². The summed E-state index contributed by atoms with van der Waals surface area (Å²) in [5.74, 6) is 0.562. The van der Waals surface area contributed by atoms with Crippen molar-refractivity contribution in [2.24, 2.45) is 0 Å². The van der Waals surface area contributed by atoms with E-state index in [0.29, 0.717) is 24.5 Å². The molecule has 1 atom stereocenters. The zero-order chi connectivity index (χ0) is 22.5. The lowest BCUT2D eigenvalue weighted by molar-refractivity contribution is 0.0937. The number of imidazole rings is 1. The molecular weight excluding hydrogens is 412 g/mol. The van der Waals surface area contributed by atoms with Gasteiger partial charge in [-0.25, -0.2) is 4.98 Å². The summed E-state index contributed by atoms with van der Waals surface area (Å²) in [6.45, 7) is 3.07. The highest BCUT2D eigenvalue weighted by molar-refractivity contribution is 5.94. The maximum absolute atomic E-state index is 12.9. The molecule has 6 heteroatoms. The summed E-state index contributed by atoms with van der Waals surface area (Å²) in [5, 5.41) is 3.14. The standard InChI is InChI=1S/C27H28N4O2/c32-27(28-18-25(30-14-6-7-15-30)21-9-2-1-3-10-21)22-11-8-12-24(17-22)33-20-23-19-31-16-5-4-13-26(31)29-23/h1-5,8-13,16-17,19,25H,6-7,14-15,18,20H2,(H,28,32)/t25-/m0/s1. The van der Waals surface area contributed by atoms with Gasteiger partial charge in [-0.1, -0.05) is 42.5 Å². The largest absolute Gasteiger partial charge is 0.487 e. The molecule has 3 heterocycles. The van der Waals surface area contributed by atoms with Crippen LogP contribution in [0.4, 0.5) is 0 Å². The fraction of sp³-hybridized carbons (Fsp3) is 0.259. The first-order valence-corrected chi connectivity index (χ1v) is 11.5. The van der Waals surface area contributed by atoms with Gasteiger partial charge in [-0.2, -0.15) is 0 Å². The summed E-state index contributed by atoms with van der Waals surface area (Å²) in [6, 6.07) is 23.8. The lowest BCUT2D eigenvalue weighted by Crippen LogP contribution is -2.36. The van der Waals surface area contributed by atoms with Crippen LogP contribution in [0.2, 0.25) is 0 Å². The Kier molecular flexibility index (Phi) is 6.35. The molecule has 1 aliphatic rings. The van der Waals surface area contributed by atoms with Crippen molar-refractivity contribution in [3.05, 3.63) is 102 Å². The van der Waals surface area contributed by atoms with E-state index in [1.807, 2.05) is 59.3 Å². The Bertz CT molecular complexity index is 1180. The number of ether oxygens (including phenoxy) is 1. The quantitative estimate of drug-likeness (QED) is 0.439. The van der Waals surface area contributed by atoms with Crippen molar-refractivity contribution in [3.63, 3.8) is 0 Å². The molecular formula is C27H28N4O2. The number of likely N-dealkylation sites (tertiary alicyclic amines) is 1. The number of amides is 1.